The maximum atomic E-state index is 10.4. The van der Waals surface area contributed by atoms with Crippen LogP contribution in [-0.2, 0) is 84.5 Å². The minimum atomic E-state index is -0.250. The quantitative estimate of drug-likeness (QED) is 0.278. The van der Waals surface area contributed by atoms with E-state index in [1.54, 1.807) is 0 Å². The molecule has 8 heteroatoms. The van der Waals surface area contributed by atoms with E-state index in [9.17, 15) is 9.59 Å². The van der Waals surface area contributed by atoms with Gasteiger partial charge in [-0.05, 0) is 42.8 Å². The van der Waals surface area contributed by atoms with E-state index in [2.05, 4.69) is 27.7 Å². The molecule has 29 heavy (non-hydrogen) atoms. The van der Waals surface area contributed by atoms with Crippen LogP contribution in [0.4, 0.5) is 0 Å². The molecule has 0 aliphatic carbocycles. The summed E-state index contributed by atoms with van der Waals surface area (Å²) in [6.07, 6.45) is 3.48. The van der Waals surface area contributed by atoms with Crippen LogP contribution in [0.1, 0.15) is 60.3 Å². The summed E-state index contributed by atoms with van der Waals surface area (Å²) in [6.45, 7) is 18.8. The monoisotopic (exact) mass is 568 g/mol. The van der Waals surface area contributed by atoms with Gasteiger partial charge in [0.05, 0.1) is 26.4 Å². The van der Waals surface area contributed by atoms with Crippen molar-refractivity contribution in [3.8, 4) is 0 Å². The first-order chi connectivity index (χ1) is 12.5. The van der Waals surface area contributed by atoms with Gasteiger partial charge in [-0.2, -0.15) is 0 Å². The maximum absolute atomic E-state index is 10.4. The average molecular weight is 568 g/mol. The van der Waals surface area contributed by atoms with Crippen LogP contribution in [0.2, 0.25) is 0 Å². The van der Waals surface area contributed by atoms with Gasteiger partial charge in [-0.1, -0.05) is 34.6 Å². The molecule has 0 spiro atoms. The zero-order chi connectivity index (χ0) is 21.7. The molecule has 0 amide bonds. The number of aliphatic hydroxyl groups excluding tert-OH is 2. The summed E-state index contributed by atoms with van der Waals surface area (Å²) in [5.41, 5.74) is -0.250. The number of hydrogen-bond donors (Lipinski definition) is 2. The van der Waals surface area contributed by atoms with Gasteiger partial charge in [0.2, 0.25) is 0 Å². The minimum absolute atomic E-state index is 0. The predicted octanol–water partition coefficient (Wildman–Crippen LogP) is 3.04. The molecule has 0 atom stereocenters. The summed E-state index contributed by atoms with van der Waals surface area (Å²) in [7, 11) is 0. The van der Waals surface area contributed by atoms with Crippen LogP contribution >= 0.6 is 0 Å². The first kappa shape index (κ1) is 40.5. The normalized spacial score (nSPS) is 9.79. The van der Waals surface area contributed by atoms with Crippen molar-refractivity contribution in [1.82, 2.24) is 0 Å². The van der Waals surface area contributed by atoms with Gasteiger partial charge in [0.25, 0.3) is 0 Å². The fourth-order valence-corrected chi connectivity index (χ4v) is 1.30. The Morgan fingerprint density at radius 1 is 0.862 bits per heavy atom. The topological polar surface area (TPSA) is 93.1 Å². The van der Waals surface area contributed by atoms with Crippen LogP contribution in [0.15, 0.2) is 0 Å². The molecule has 0 saturated heterocycles. The molecule has 0 aliphatic heterocycles. The van der Waals surface area contributed by atoms with E-state index in [0.29, 0.717) is 32.7 Å². The molecule has 2 radical (unpaired) electrons. The number of carbonyl (C=O) groups is 2. The van der Waals surface area contributed by atoms with Gasteiger partial charge in [0.15, 0.2) is 0 Å². The molecule has 0 aromatic carbocycles. The second-order valence-electron chi connectivity index (χ2n) is 7.52. The van der Waals surface area contributed by atoms with Gasteiger partial charge < -0.3 is 43.1 Å². The molecule has 0 aliphatic rings. The van der Waals surface area contributed by atoms with E-state index in [0.717, 1.165) is 18.9 Å². The smallest absolute Gasteiger partial charge is 0.0697 e. The first-order valence-corrected chi connectivity index (χ1v) is 9.57. The Bertz CT molecular complexity index is 345. The number of hydrogen-bond acceptors (Lipinski definition) is 6. The number of Topliss-reactive ketones (excluding diaryl/α,β-unsaturated/α-hetero) is 2. The zero-order valence-corrected chi connectivity index (χ0v) is 24.9. The van der Waals surface area contributed by atoms with Gasteiger partial charge >= 0.3 is 0 Å². The van der Waals surface area contributed by atoms with Crippen molar-refractivity contribution in [2.45, 2.75) is 60.3 Å². The molecule has 0 rings (SSSR count). The Kier molecular flexibility index (Phi) is 40.7. The molecule has 170 valence electrons. The van der Waals surface area contributed by atoms with Crippen molar-refractivity contribution in [3.63, 3.8) is 0 Å². The number of aliphatic hydroxyl groups is 2. The second-order valence-corrected chi connectivity index (χ2v) is 7.52. The maximum Gasteiger partial charge on any atom is 0.0697 e. The molecule has 0 bridgehead atoms. The largest absolute Gasteiger partial charge is 0.394 e. The van der Waals surface area contributed by atoms with Gasteiger partial charge in [0, 0.05) is 84.4 Å². The molecule has 0 aromatic rings. The van der Waals surface area contributed by atoms with E-state index in [4.69, 9.17) is 19.7 Å². The summed E-state index contributed by atoms with van der Waals surface area (Å²) in [4.78, 5) is 20.6. The third kappa shape index (κ3) is 48.0. The number of rotatable bonds is 12. The second kappa shape index (κ2) is 29.1. The predicted molar refractivity (Wildman–Crippen MR) is 109 cm³/mol. The first-order valence-electron chi connectivity index (χ1n) is 9.57. The van der Waals surface area contributed by atoms with Crippen molar-refractivity contribution in [1.29, 1.82) is 0 Å². The Morgan fingerprint density at radius 2 is 1.24 bits per heavy atom. The molecular formula is C21H42O6Y2-2. The molecular weight excluding hydrogens is 526 g/mol. The van der Waals surface area contributed by atoms with E-state index in [-0.39, 0.29) is 95.6 Å². The van der Waals surface area contributed by atoms with Crippen LogP contribution in [0.5, 0.6) is 0 Å². The molecule has 0 fully saturated rings. The van der Waals surface area contributed by atoms with Crippen LogP contribution in [0.3, 0.4) is 0 Å². The molecule has 0 heterocycles. The van der Waals surface area contributed by atoms with Gasteiger partial charge in [-0.25, -0.2) is 0 Å². The van der Waals surface area contributed by atoms with Crippen LogP contribution < -0.4 is 0 Å². The third-order valence-corrected chi connectivity index (χ3v) is 3.12. The molecule has 0 aromatic heterocycles. The van der Waals surface area contributed by atoms with Crippen LogP contribution in [0, 0.1) is 25.2 Å². The average Bonchev–Trinajstić information content (AvgIpc) is 2.54. The van der Waals surface area contributed by atoms with Crippen LogP contribution in [0.25, 0.3) is 0 Å². The van der Waals surface area contributed by atoms with Crippen molar-refractivity contribution in [3.05, 3.63) is 13.8 Å². The van der Waals surface area contributed by atoms with Crippen molar-refractivity contribution < 1.29 is 94.7 Å². The third-order valence-electron chi connectivity index (χ3n) is 3.12. The number of ether oxygens (including phenoxy) is 2. The molecule has 0 unspecified atom stereocenters. The van der Waals surface area contributed by atoms with Crippen molar-refractivity contribution in [2.75, 3.05) is 39.6 Å². The van der Waals surface area contributed by atoms with Gasteiger partial charge in [0.1, 0.15) is 0 Å². The SMILES string of the molecule is CC(C)CCCOCCO.[CH2-]C(=O)C(C)(C)C.[CH2-]C(=O)CCCOCCO.[Y].[Y]. The fourth-order valence-electron chi connectivity index (χ4n) is 1.30. The summed E-state index contributed by atoms with van der Waals surface area (Å²) in [5.74, 6) is 0.692. The Balaban J connectivity index is -0.0000000976. The Labute approximate surface area is 229 Å². The van der Waals surface area contributed by atoms with Crippen molar-refractivity contribution in [2.24, 2.45) is 11.3 Å². The van der Waals surface area contributed by atoms with Gasteiger partial charge in [-0.3, -0.25) is 0 Å². The summed E-state index contributed by atoms with van der Waals surface area (Å²) in [6, 6.07) is 0. The summed E-state index contributed by atoms with van der Waals surface area (Å²) in [5, 5.41) is 16.6. The van der Waals surface area contributed by atoms with Crippen LogP contribution in [-0.4, -0.2) is 61.4 Å². The number of carbonyl (C=O) groups excluding carboxylic acids is 2. The summed E-state index contributed by atoms with van der Waals surface area (Å²) < 4.78 is 9.99. The molecule has 0 saturated carbocycles. The number of ketones is 2. The van der Waals surface area contributed by atoms with E-state index in [1.807, 2.05) is 20.8 Å². The Hall–Kier alpha value is 1.13. The molecule has 2 N–H and O–H groups in total. The Morgan fingerprint density at radius 3 is 1.52 bits per heavy atom. The van der Waals surface area contributed by atoms with E-state index < -0.39 is 0 Å². The standard InChI is InChI=1S/C8H18O2.C7H13O3.C6H11O.2Y/c1-8(2)4-3-6-10-7-5-9;1-7(9)3-2-5-10-6-4-8;1-5(7)6(2,3)4;;/h8-9H,3-7H2,1-2H3;8H,1-6H2;1H2,2-4H3;;/q;2*-1;;. The fraction of sp³-hybridized carbons (Fsp3) is 0.810. The van der Waals surface area contributed by atoms with E-state index in [1.165, 1.54) is 6.42 Å². The van der Waals surface area contributed by atoms with Crippen molar-refractivity contribution >= 4 is 11.6 Å². The van der Waals surface area contributed by atoms with Gasteiger partial charge in [-0.15, -0.1) is 0 Å². The van der Waals surface area contributed by atoms with E-state index >= 15 is 0 Å². The summed E-state index contributed by atoms with van der Waals surface area (Å²) >= 11 is 0. The molecule has 6 nitrogen and oxygen atoms in total. The minimum Gasteiger partial charge on any atom is -0.394 e. The zero-order valence-electron chi connectivity index (χ0n) is 19.2.